The van der Waals surface area contributed by atoms with Crippen molar-refractivity contribution >= 4 is 44.2 Å². The second-order valence-electron chi connectivity index (χ2n) is 3.83. The van der Waals surface area contributed by atoms with Crippen LogP contribution in [0.5, 0.6) is 5.75 Å². The third kappa shape index (κ3) is 3.62. The molecule has 4 heteroatoms. The lowest BCUT2D eigenvalue weighted by atomic mass is 10.2. The van der Waals surface area contributed by atoms with Gasteiger partial charge >= 0.3 is 0 Å². The first-order valence-electron chi connectivity index (χ1n) is 5.51. The molecule has 0 radical (unpaired) electrons. The summed E-state index contributed by atoms with van der Waals surface area (Å²) in [7, 11) is 1.67. The van der Waals surface area contributed by atoms with E-state index in [0.29, 0.717) is 0 Å². The van der Waals surface area contributed by atoms with E-state index in [1.165, 1.54) is 9.13 Å². The van der Waals surface area contributed by atoms with E-state index in [2.05, 4.69) is 68.1 Å². The van der Waals surface area contributed by atoms with Gasteiger partial charge in [0.25, 0.3) is 0 Å². The van der Waals surface area contributed by atoms with Crippen molar-refractivity contribution in [3.63, 3.8) is 0 Å². The summed E-state index contributed by atoms with van der Waals surface area (Å²) in [6, 6.07) is 14.5. The second-order valence-corrected chi connectivity index (χ2v) is 5.93. The van der Waals surface area contributed by atoms with Crippen molar-refractivity contribution in [2.24, 2.45) is 0 Å². The largest absolute Gasteiger partial charge is 0.495 e. The molecule has 0 atom stereocenters. The van der Waals surface area contributed by atoms with Gasteiger partial charge in [0.1, 0.15) is 5.75 Å². The molecule has 0 unspecified atom stereocenters. The van der Waals surface area contributed by atoms with Gasteiger partial charge in [-0.25, -0.2) is 0 Å². The first-order valence-corrected chi connectivity index (χ1v) is 7.38. The standard InChI is InChI=1S/C14H13BrINO/c1-18-14-8-12(6-7-13(14)15)17-9-10-2-4-11(16)5-3-10/h2-8,17H,9H2,1H3. The van der Waals surface area contributed by atoms with E-state index in [4.69, 9.17) is 4.74 Å². The summed E-state index contributed by atoms with van der Waals surface area (Å²) < 4.78 is 7.48. The van der Waals surface area contributed by atoms with Gasteiger partial charge in [0.05, 0.1) is 11.6 Å². The minimum atomic E-state index is 0.807. The van der Waals surface area contributed by atoms with E-state index in [0.717, 1.165) is 22.5 Å². The molecule has 0 aliphatic rings. The topological polar surface area (TPSA) is 21.3 Å². The summed E-state index contributed by atoms with van der Waals surface area (Å²) >= 11 is 5.75. The van der Waals surface area contributed by atoms with Crippen molar-refractivity contribution < 1.29 is 4.74 Å². The predicted molar refractivity (Wildman–Crippen MR) is 87.2 cm³/mol. The van der Waals surface area contributed by atoms with Gasteiger partial charge in [0, 0.05) is 21.9 Å². The molecule has 2 rings (SSSR count). The van der Waals surface area contributed by atoms with Gasteiger partial charge in [0.2, 0.25) is 0 Å². The Morgan fingerprint density at radius 1 is 1.17 bits per heavy atom. The highest BCUT2D eigenvalue weighted by atomic mass is 127. The first kappa shape index (κ1) is 13.7. The van der Waals surface area contributed by atoms with E-state index < -0.39 is 0 Å². The number of hydrogen-bond acceptors (Lipinski definition) is 2. The van der Waals surface area contributed by atoms with Gasteiger partial charge in [-0.2, -0.15) is 0 Å². The highest BCUT2D eigenvalue weighted by Gasteiger charge is 2.01. The molecule has 94 valence electrons. The van der Waals surface area contributed by atoms with Crippen molar-refractivity contribution in [3.8, 4) is 5.75 Å². The SMILES string of the molecule is COc1cc(NCc2ccc(I)cc2)ccc1Br. The summed E-state index contributed by atoms with van der Waals surface area (Å²) in [6.07, 6.45) is 0. The van der Waals surface area contributed by atoms with Crippen LogP contribution in [0.1, 0.15) is 5.56 Å². The Balaban J connectivity index is 2.04. The zero-order valence-corrected chi connectivity index (χ0v) is 13.7. The van der Waals surface area contributed by atoms with Crippen LogP contribution in [-0.4, -0.2) is 7.11 Å². The Morgan fingerprint density at radius 2 is 1.89 bits per heavy atom. The van der Waals surface area contributed by atoms with Gasteiger partial charge in [-0.05, 0) is 68.3 Å². The van der Waals surface area contributed by atoms with Crippen molar-refractivity contribution in [3.05, 3.63) is 56.1 Å². The number of nitrogens with one attached hydrogen (secondary N) is 1. The van der Waals surface area contributed by atoms with Gasteiger partial charge in [0.15, 0.2) is 0 Å². The number of ether oxygens (including phenoxy) is 1. The Morgan fingerprint density at radius 3 is 2.56 bits per heavy atom. The highest BCUT2D eigenvalue weighted by Crippen LogP contribution is 2.28. The zero-order chi connectivity index (χ0) is 13.0. The van der Waals surface area contributed by atoms with Crippen LogP contribution >= 0.6 is 38.5 Å². The molecule has 0 heterocycles. The molecule has 0 saturated heterocycles. The molecule has 0 aliphatic heterocycles. The predicted octanol–water partition coefficient (Wildman–Crippen LogP) is 4.67. The Hall–Kier alpha value is -0.750. The summed E-state index contributed by atoms with van der Waals surface area (Å²) in [4.78, 5) is 0. The number of hydrogen-bond donors (Lipinski definition) is 1. The van der Waals surface area contributed by atoms with Crippen LogP contribution in [0.25, 0.3) is 0 Å². The van der Waals surface area contributed by atoms with Crippen molar-refractivity contribution in [1.29, 1.82) is 0 Å². The molecule has 2 aromatic carbocycles. The summed E-state index contributed by atoms with van der Waals surface area (Å²) in [5.74, 6) is 0.836. The maximum Gasteiger partial charge on any atom is 0.135 e. The minimum Gasteiger partial charge on any atom is -0.495 e. The summed E-state index contributed by atoms with van der Waals surface area (Å²) in [6.45, 7) is 0.807. The molecule has 0 aliphatic carbocycles. The third-order valence-corrected chi connectivity index (χ3v) is 3.94. The fourth-order valence-electron chi connectivity index (χ4n) is 1.58. The average molecular weight is 418 g/mol. The fourth-order valence-corrected chi connectivity index (χ4v) is 2.34. The molecule has 0 aromatic heterocycles. The number of rotatable bonds is 4. The van der Waals surface area contributed by atoms with Crippen LogP contribution < -0.4 is 10.1 Å². The molecule has 18 heavy (non-hydrogen) atoms. The van der Waals surface area contributed by atoms with Crippen molar-refractivity contribution in [2.75, 3.05) is 12.4 Å². The number of halogens is 2. The van der Waals surface area contributed by atoms with E-state index in [1.54, 1.807) is 7.11 Å². The molecule has 0 saturated carbocycles. The number of anilines is 1. The van der Waals surface area contributed by atoms with E-state index in [-0.39, 0.29) is 0 Å². The number of methoxy groups -OCH3 is 1. The van der Waals surface area contributed by atoms with Crippen LogP contribution in [0.4, 0.5) is 5.69 Å². The molecule has 2 aromatic rings. The average Bonchev–Trinajstić information content (AvgIpc) is 2.39. The number of benzene rings is 2. The third-order valence-electron chi connectivity index (χ3n) is 2.56. The molecule has 0 spiro atoms. The van der Waals surface area contributed by atoms with Crippen LogP contribution in [0, 0.1) is 3.57 Å². The Bertz CT molecular complexity index is 528. The van der Waals surface area contributed by atoms with E-state index >= 15 is 0 Å². The second kappa shape index (κ2) is 6.43. The molecular formula is C14H13BrINO. The Kier molecular flexibility index (Phi) is 4.88. The lowest BCUT2D eigenvalue weighted by Gasteiger charge is -2.09. The normalized spacial score (nSPS) is 10.2. The van der Waals surface area contributed by atoms with E-state index in [9.17, 15) is 0 Å². The van der Waals surface area contributed by atoms with Crippen LogP contribution in [-0.2, 0) is 6.54 Å². The lowest BCUT2D eigenvalue weighted by Crippen LogP contribution is -1.99. The highest BCUT2D eigenvalue weighted by molar-refractivity contribution is 14.1. The lowest BCUT2D eigenvalue weighted by molar-refractivity contribution is 0.412. The van der Waals surface area contributed by atoms with Crippen LogP contribution in [0.15, 0.2) is 46.9 Å². The molecule has 2 nitrogen and oxygen atoms in total. The van der Waals surface area contributed by atoms with Crippen LogP contribution in [0.2, 0.25) is 0 Å². The smallest absolute Gasteiger partial charge is 0.135 e. The molecule has 0 bridgehead atoms. The molecule has 0 fully saturated rings. The zero-order valence-electron chi connectivity index (χ0n) is 9.91. The molecular weight excluding hydrogens is 405 g/mol. The fraction of sp³-hybridized carbons (Fsp3) is 0.143. The van der Waals surface area contributed by atoms with Gasteiger partial charge < -0.3 is 10.1 Å². The maximum absolute atomic E-state index is 5.27. The Labute approximate surface area is 129 Å². The van der Waals surface area contributed by atoms with Crippen molar-refractivity contribution in [2.45, 2.75) is 6.54 Å². The summed E-state index contributed by atoms with van der Waals surface area (Å²) in [5, 5.41) is 3.38. The van der Waals surface area contributed by atoms with E-state index in [1.807, 2.05) is 18.2 Å². The van der Waals surface area contributed by atoms with Crippen LogP contribution in [0.3, 0.4) is 0 Å². The van der Waals surface area contributed by atoms with Crippen molar-refractivity contribution in [1.82, 2.24) is 0 Å². The molecule has 1 N–H and O–H groups in total. The first-order chi connectivity index (χ1) is 8.69. The molecule has 0 amide bonds. The minimum absolute atomic E-state index is 0.807. The monoisotopic (exact) mass is 417 g/mol. The maximum atomic E-state index is 5.27. The van der Waals surface area contributed by atoms with Gasteiger partial charge in [-0.15, -0.1) is 0 Å². The van der Waals surface area contributed by atoms with Gasteiger partial charge in [-0.3, -0.25) is 0 Å². The quantitative estimate of drug-likeness (QED) is 0.729. The summed E-state index contributed by atoms with van der Waals surface area (Å²) in [5.41, 5.74) is 2.31. The van der Waals surface area contributed by atoms with Gasteiger partial charge in [-0.1, -0.05) is 12.1 Å².